The average molecular weight is 438 g/mol. The number of thioether (sulfide) groups is 1. The van der Waals surface area contributed by atoms with Crippen molar-refractivity contribution < 1.29 is 14.3 Å². The van der Waals surface area contributed by atoms with Gasteiger partial charge in [0, 0.05) is 18.8 Å². The van der Waals surface area contributed by atoms with E-state index < -0.39 is 12.0 Å². The van der Waals surface area contributed by atoms with Gasteiger partial charge in [0.2, 0.25) is 5.91 Å². The third kappa shape index (κ3) is 4.32. The summed E-state index contributed by atoms with van der Waals surface area (Å²) in [6, 6.07) is 7.73. The van der Waals surface area contributed by atoms with Crippen molar-refractivity contribution >= 4 is 28.8 Å². The summed E-state index contributed by atoms with van der Waals surface area (Å²) in [6.07, 6.45) is 3.97. The number of carbonyl (C=O) groups is 2. The number of likely N-dealkylation sites (tertiary alicyclic amines) is 1. The van der Waals surface area contributed by atoms with Crippen LogP contribution in [0, 0.1) is 6.92 Å². The maximum absolute atomic E-state index is 13.0. The lowest BCUT2D eigenvalue weighted by Gasteiger charge is -2.36. The number of hydrogen-bond donors (Lipinski definition) is 0. The molecule has 3 heterocycles. The fourth-order valence-corrected chi connectivity index (χ4v) is 5.10. The number of allylic oxidation sites excluding steroid dienone is 1. The summed E-state index contributed by atoms with van der Waals surface area (Å²) >= 11 is 1.50. The summed E-state index contributed by atoms with van der Waals surface area (Å²) < 4.78 is 5.41. The normalized spacial score (nSPS) is 20.4. The van der Waals surface area contributed by atoms with Crippen LogP contribution in [0.5, 0.6) is 0 Å². The number of nitrogens with zero attached hydrogens (tertiary/aromatic N) is 3. The van der Waals surface area contributed by atoms with E-state index in [-0.39, 0.29) is 12.5 Å². The number of rotatable bonds is 6. The maximum Gasteiger partial charge on any atom is 0.338 e. The second-order valence-corrected chi connectivity index (χ2v) is 8.79. The van der Waals surface area contributed by atoms with E-state index in [1.165, 1.54) is 11.8 Å². The smallest absolute Gasteiger partial charge is 0.338 e. The average Bonchev–Trinajstić information content (AvgIpc) is 3.42. The van der Waals surface area contributed by atoms with Crippen LogP contribution in [0.15, 0.2) is 64.3 Å². The van der Waals surface area contributed by atoms with Crippen LogP contribution in [0.1, 0.15) is 43.4 Å². The summed E-state index contributed by atoms with van der Waals surface area (Å²) in [5, 5.41) is 2.77. The summed E-state index contributed by atoms with van der Waals surface area (Å²) in [7, 11) is 0. The molecule has 1 aromatic carbocycles. The van der Waals surface area contributed by atoms with E-state index in [1.54, 1.807) is 6.08 Å². The molecule has 6 nitrogen and oxygen atoms in total. The first-order valence-corrected chi connectivity index (χ1v) is 11.4. The van der Waals surface area contributed by atoms with Gasteiger partial charge in [-0.25, -0.2) is 9.79 Å². The van der Waals surface area contributed by atoms with Crippen LogP contribution in [0.4, 0.5) is 0 Å². The second-order valence-electron chi connectivity index (χ2n) is 7.96. The molecule has 1 saturated heterocycles. The number of ether oxygens (including phenoxy) is 1. The number of amides is 1. The first-order chi connectivity index (χ1) is 15.0. The van der Waals surface area contributed by atoms with Crippen LogP contribution in [0.2, 0.25) is 0 Å². The van der Waals surface area contributed by atoms with Gasteiger partial charge in [0.05, 0.1) is 23.7 Å². The Morgan fingerprint density at radius 1 is 1.23 bits per heavy atom. The topological polar surface area (TPSA) is 62.2 Å². The molecule has 162 valence electrons. The number of hydrogen-bond acceptors (Lipinski definition) is 6. The first-order valence-electron chi connectivity index (χ1n) is 10.6. The van der Waals surface area contributed by atoms with Gasteiger partial charge in [-0.15, -0.1) is 0 Å². The van der Waals surface area contributed by atoms with Crippen LogP contribution in [-0.4, -0.2) is 46.5 Å². The highest BCUT2D eigenvalue weighted by Gasteiger charge is 2.41. The predicted molar refractivity (Wildman–Crippen MR) is 123 cm³/mol. The van der Waals surface area contributed by atoms with Crippen molar-refractivity contribution in [2.75, 3.05) is 19.7 Å². The summed E-state index contributed by atoms with van der Waals surface area (Å²) in [6.45, 7) is 9.28. The number of aryl methyl sites for hydroxylation is 1. The van der Waals surface area contributed by atoms with E-state index in [1.807, 2.05) is 53.3 Å². The molecule has 1 amide bonds. The Kier molecular flexibility index (Phi) is 6.32. The highest BCUT2D eigenvalue weighted by Crippen LogP contribution is 2.45. The molecule has 3 aliphatic rings. The lowest BCUT2D eigenvalue weighted by Crippen LogP contribution is -2.38. The minimum Gasteiger partial charge on any atom is -0.458 e. The molecule has 3 aliphatic heterocycles. The molecule has 1 aromatic rings. The molecule has 31 heavy (non-hydrogen) atoms. The largest absolute Gasteiger partial charge is 0.458 e. The van der Waals surface area contributed by atoms with Crippen LogP contribution >= 0.6 is 11.8 Å². The van der Waals surface area contributed by atoms with E-state index in [4.69, 9.17) is 4.74 Å². The highest BCUT2D eigenvalue weighted by molar-refractivity contribution is 8.16. The molecule has 1 fully saturated rings. The number of carbonyl (C=O) groups excluding carboxylic acids is 2. The lowest BCUT2D eigenvalue weighted by molar-refractivity contribution is -0.138. The van der Waals surface area contributed by atoms with Gasteiger partial charge in [0.25, 0.3) is 0 Å². The number of esters is 1. The monoisotopic (exact) mass is 437 g/mol. The Morgan fingerprint density at radius 2 is 1.94 bits per heavy atom. The maximum atomic E-state index is 13.0. The molecule has 0 N–H and O–H groups in total. The van der Waals surface area contributed by atoms with Crippen molar-refractivity contribution in [3.05, 3.63) is 70.4 Å². The molecule has 4 rings (SSSR count). The van der Waals surface area contributed by atoms with Gasteiger partial charge in [-0.05, 0) is 37.7 Å². The quantitative estimate of drug-likeness (QED) is 0.490. The standard InChI is InChI=1S/C24H27N3O3S/c1-4-13-30-23(29)21-17(3)25-24-27(22(21)18-9-7-16(2)8-10-18)19(15-31-24)14-20(28)26-11-5-6-12-26/h4,7-10,15,22H,1,5-6,11-14H2,2-3H3. The summed E-state index contributed by atoms with van der Waals surface area (Å²) in [5.74, 6) is -0.289. The van der Waals surface area contributed by atoms with Crippen molar-refractivity contribution in [2.45, 2.75) is 39.2 Å². The Balaban J connectivity index is 1.70. The number of aliphatic imine (C=N–C) groups is 1. The van der Waals surface area contributed by atoms with Gasteiger partial charge in [-0.3, -0.25) is 4.79 Å². The van der Waals surface area contributed by atoms with Gasteiger partial charge in [0.15, 0.2) is 5.17 Å². The zero-order valence-corrected chi connectivity index (χ0v) is 18.8. The van der Waals surface area contributed by atoms with Crippen molar-refractivity contribution in [2.24, 2.45) is 4.99 Å². The number of benzene rings is 1. The zero-order chi connectivity index (χ0) is 22.0. The first kappa shape index (κ1) is 21.4. The van der Waals surface area contributed by atoms with Crippen molar-refractivity contribution in [3.63, 3.8) is 0 Å². The molecule has 7 heteroatoms. The van der Waals surface area contributed by atoms with E-state index in [0.29, 0.717) is 17.7 Å². The lowest BCUT2D eigenvalue weighted by atomic mass is 9.93. The minimum absolute atomic E-state index is 0.121. The Labute approximate surface area is 187 Å². The van der Waals surface area contributed by atoms with E-state index >= 15 is 0 Å². The van der Waals surface area contributed by atoms with Crippen LogP contribution < -0.4 is 0 Å². The molecule has 0 saturated carbocycles. The molecule has 1 atom stereocenters. The van der Waals surface area contributed by atoms with E-state index in [0.717, 1.165) is 47.9 Å². The van der Waals surface area contributed by atoms with Crippen molar-refractivity contribution in [1.82, 2.24) is 9.80 Å². The Hall–Kier alpha value is -2.80. The van der Waals surface area contributed by atoms with Crippen LogP contribution in [0.3, 0.4) is 0 Å². The molecular formula is C24H27N3O3S. The molecule has 0 spiro atoms. The van der Waals surface area contributed by atoms with Crippen molar-refractivity contribution in [1.29, 1.82) is 0 Å². The summed E-state index contributed by atoms with van der Waals surface area (Å²) in [4.78, 5) is 34.5. The Morgan fingerprint density at radius 3 is 2.61 bits per heavy atom. The van der Waals surface area contributed by atoms with Gasteiger partial charge >= 0.3 is 5.97 Å². The number of fused-ring (bicyclic) bond motifs is 1. The van der Waals surface area contributed by atoms with Crippen LogP contribution in [-0.2, 0) is 14.3 Å². The summed E-state index contributed by atoms with van der Waals surface area (Å²) in [5.41, 5.74) is 4.11. The van der Waals surface area contributed by atoms with Gasteiger partial charge in [-0.1, -0.05) is 54.2 Å². The molecule has 0 bridgehead atoms. The predicted octanol–water partition coefficient (Wildman–Crippen LogP) is 4.31. The van der Waals surface area contributed by atoms with Gasteiger partial charge in [0.1, 0.15) is 6.61 Å². The third-order valence-corrected chi connectivity index (χ3v) is 6.63. The Bertz CT molecular complexity index is 988. The minimum atomic E-state index is -0.409. The number of amidine groups is 1. The molecule has 0 radical (unpaired) electrons. The molecule has 1 unspecified atom stereocenters. The SMILES string of the molecule is C=CCOC(=O)C1=C(C)N=C2SC=C(CC(=O)N3CCCC3)N2C1c1ccc(C)cc1. The van der Waals surface area contributed by atoms with Crippen LogP contribution in [0.25, 0.3) is 0 Å². The molecular weight excluding hydrogens is 410 g/mol. The zero-order valence-electron chi connectivity index (χ0n) is 18.0. The van der Waals surface area contributed by atoms with E-state index in [9.17, 15) is 9.59 Å². The molecule has 0 aromatic heterocycles. The molecule has 0 aliphatic carbocycles. The van der Waals surface area contributed by atoms with Gasteiger partial charge < -0.3 is 14.5 Å². The van der Waals surface area contributed by atoms with Crippen molar-refractivity contribution in [3.8, 4) is 0 Å². The van der Waals surface area contributed by atoms with E-state index in [2.05, 4.69) is 11.6 Å². The fourth-order valence-electron chi connectivity index (χ4n) is 4.14. The highest BCUT2D eigenvalue weighted by atomic mass is 32.2. The third-order valence-electron chi connectivity index (χ3n) is 5.74. The van der Waals surface area contributed by atoms with Gasteiger partial charge in [-0.2, -0.15) is 0 Å². The second kappa shape index (κ2) is 9.14. The fraction of sp³-hybridized carbons (Fsp3) is 0.375.